The van der Waals surface area contributed by atoms with Gasteiger partial charge in [0.25, 0.3) is 0 Å². The monoisotopic (exact) mass is 459 g/mol. The molecule has 13 nitrogen and oxygen atoms in total. The molecule has 0 bridgehead atoms. The number of aliphatic carboxylic acids is 1. The molecule has 0 aliphatic rings. The summed E-state index contributed by atoms with van der Waals surface area (Å²) >= 11 is 0. The number of hydrogen-bond donors (Lipinski definition) is 8. The third-order valence-electron chi connectivity index (χ3n) is 4.51. The maximum Gasteiger partial charge on any atom is 0.326 e. The van der Waals surface area contributed by atoms with E-state index >= 15 is 0 Å². The van der Waals surface area contributed by atoms with Crippen molar-refractivity contribution in [3.63, 3.8) is 0 Å². The summed E-state index contributed by atoms with van der Waals surface area (Å²) in [6.07, 6.45) is 3.28. The molecule has 32 heavy (non-hydrogen) atoms. The maximum absolute atomic E-state index is 12.1. The molecule has 0 rings (SSSR count). The quantitative estimate of drug-likeness (QED) is 0.103. The fourth-order valence-electron chi connectivity index (χ4n) is 2.58. The van der Waals surface area contributed by atoms with Gasteiger partial charge in [0.05, 0.1) is 19.1 Å². The van der Waals surface area contributed by atoms with Crippen molar-refractivity contribution >= 4 is 29.6 Å². The fourth-order valence-corrected chi connectivity index (χ4v) is 2.58. The van der Waals surface area contributed by atoms with Gasteiger partial charge in [-0.25, -0.2) is 4.79 Å². The SMILES string of the molecule is C[C@H](NC(=O)CNC(=O)CNC(=O)[C@@H](N)CCCCN)C(=O)N[C@@H](CCCCN)C(=O)O. The Morgan fingerprint density at radius 1 is 0.781 bits per heavy atom. The first kappa shape index (κ1) is 29.2. The van der Waals surface area contributed by atoms with Gasteiger partial charge in [-0.05, 0) is 52.1 Å². The maximum atomic E-state index is 12.1. The number of nitrogens with two attached hydrogens (primary N) is 3. The van der Waals surface area contributed by atoms with Crippen molar-refractivity contribution < 1.29 is 29.1 Å². The number of nitrogens with one attached hydrogen (secondary N) is 4. The number of rotatable bonds is 17. The van der Waals surface area contributed by atoms with Gasteiger partial charge in [-0.1, -0.05) is 6.42 Å². The minimum atomic E-state index is -1.18. The molecular formula is C19H37N7O6. The molecule has 0 unspecified atom stereocenters. The van der Waals surface area contributed by atoms with E-state index < -0.39 is 54.3 Å². The van der Waals surface area contributed by atoms with Crippen LogP contribution in [0.5, 0.6) is 0 Å². The number of hydrogen-bond acceptors (Lipinski definition) is 8. The Kier molecular flexibility index (Phi) is 15.4. The lowest BCUT2D eigenvalue weighted by Crippen LogP contribution is -2.52. The number of carboxylic acids is 1. The number of carbonyl (C=O) groups excluding carboxylic acids is 4. The van der Waals surface area contributed by atoms with E-state index in [1.54, 1.807) is 0 Å². The van der Waals surface area contributed by atoms with Gasteiger partial charge >= 0.3 is 5.97 Å². The molecule has 0 heterocycles. The number of carbonyl (C=O) groups is 5. The summed E-state index contributed by atoms with van der Waals surface area (Å²) in [5.41, 5.74) is 16.5. The predicted molar refractivity (Wildman–Crippen MR) is 117 cm³/mol. The highest BCUT2D eigenvalue weighted by atomic mass is 16.4. The molecule has 11 N–H and O–H groups in total. The standard InChI is InChI=1S/C19H37N7O6/c1-12(17(29)26-14(19(31)32)7-3-5-9-21)25-16(28)11-23-15(27)10-24-18(30)13(22)6-2-4-8-20/h12-14H,2-11,20-22H2,1H3,(H,23,27)(H,24,30)(H,25,28)(H,26,29)(H,31,32)/t12-,13-,14-/m0/s1. The van der Waals surface area contributed by atoms with Crippen LogP contribution in [0.4, 0.5) is 0 Å². The Balaban J connectivity index is 4.26. The predicted octanol–water partition coefficient (Wildman–Crippen LogP) is -3.12. The Hall–Kier alpha value is -2.77. The molecule has 0 aliphatic heterocycles. The van der Waals surface area contributed by atoms with E-state index in [4.69, 9.17) is 17.2 Å². The highest BCUT2D eigenvalue weighted by Gasteiger charge is 2.23. The summed E-state index contributed by atoms with van der Waals surface area (Å²) in [5, 5.41) is 18.6. The van der Waals surface area contributed by atoms with Crippen LogP contribution < -0.4 is 38.5 Å². The van der Waals surface area contributed by atoms with Crippen LogP contribution in [-0.2, 0) is 24.0 Å². The topological polar surface area (TPSA) is 232 Å². The van der Waals surface area contributed by atoms with E-state index in [1.165, 1.54) is 6.92 Å². The fraction of sp³-hybridized carbons (Fsp3) is 0.737. The molecule has 0 aromatic heterocycles. The van der Waals surface area contributed by atoms with Crippen LogP contribution in [0, 0.1) is 0 Å². The minimum Gasteiger partial charge on any atom is -0.480 e. The van der Waals surface area contributed by atoms with E-state index in [1.807, 2.05) is 0 Å². The third-order valence-corrected chi connectivity index (χ3v) is 4.51. The van der Waals surface area contributed by atoms with Gasteiger partial charge in [-0.2, -0.15) is 0 Å². The smallest absolute Gasteiger partial charge is 0.326 e. The van der Waals surface area contributed by atoms with Crippen molar-refractivity contribution in [2.45, 2.75) is 63.6 Å². The summed E-state index contributed by atoms with van der Waals surface area (Å²) in [4.78, 5) is 58.9. The largest absolute Gasteiger partial charge is 0.480 e. The van der Waals surface area contributed by atoms with Crippen LogP contribution in [-0.4, -0.2) is 79.0 Å². The van der Waals surface area contributed by atoms with E-state index in [0.717, 1.165) is 6.42 Å². The Morgan fingerprint density at radius 3 is 1.91 bits per heavy atom. The lowest BCUT2D eigenvalue weighted by molar-refractivity contribution is -0.142. The second-order valence-corrected chi connectivity index (χ2v) is 7.36. The van der Waals surface area contributed by atoms with Gasteiger partial charge in [-0.3, -0.25) is 19.2 Å². The second kappa shape index (κ2) is 16.9. The third kappa shape index (κ3) is 13.5. The zero-order valence-corrected chi connectivity index (χ0v) is 18.5. The molecule has 0 aliphatic carbocycles. The van der Waals surface area contributed by atoms with Gasteiger partial charge in [0.15, 0.2) is 0 Å². The van der Waals surface area contributed by atoms with Crippen molar-refractivity contribution in [1.29, 1.82) is 0 Å². The van der Waals surface area contributed by atoms with Crippen LogP contribution in [0.2, 0.25) is 0 Å². The Bertz CT molecular complexity index is 631. The minimum absolute atomic E-state index is 0.220. The van der Waals surface area contributed by atoms with E-state index in [9.17, 15) is 29.1 Å². The van der Waals surface area contributed by atoms with Gasteiger partial charge in [0.1, 0.15) is 12.1 Å². The normalized spacial score (nSPS) is 13.4. The van der Waals surface area contributed by atoms with Gasteiger partial charge in [0.2, 0.25) is 23.6 Å². The molecule has 0 aromatic carbocycles. The van der Waals surface area contributed by atoms with E-state index in [0.29, 0.717) is 38.8 Å². The molecule has 4 amide bonds. The van der Waals surface area contributed by atoms with Gasteiger partial charge in [0, 0.05) is 0 Å². The molecular weight excluding hydrogens is 422 g/mol. The van der Waals surface area contributed by atoms with Gasteiger partial charge in [-0.15, -0.1) is 0 Å². The summed E-state index contributed by atoms with van der Waals surface area (Å²) < 4.78 is 0. The highest BCUT2D eigenvalue weighted by molar-refractivity contribution is 5.92. The second-order valence-electron chi connectivity index (χ2n) is 7.36. The highest BCUT2D eigenvalue weighted by Crippen LogP contribution is 2.01. The van der Waals surface area contributed by atoms with Crippen molar-refractivity contribution in [2.75, 3.05) is 26.2 Å². The zero-order chi connectivity index (χ0) is 24.5. The number of unbranched alkanes of at least 4 members (excludes halogenated alkanes) is 2. The zero-order valence-electron chi connectivity index (χ0n) is 18.5. The molecule has 13 heteroatoms. The van der Waals surface area contributed by atoms with Crippen molar-refractivity contribution in [2.24, 2.45) is 17.2 Å². The summed E-state index contributed by atoms with van der Waals surface area (Å²) in [6, 6.07) is -2.85. The first-order valence-electron chi connectivity index (χ1n) is 10.6. The summed E-state index contributed by atoms with van der Waals surface area (Å²) in [7, 11) is 0. The summed E-state index contributed by atoms with van der Waals surface area (Å²) in [6.45, 7) is 1.54. The molecule has 0 saturated heterocycles. The lowest BCUT2D eigenvalue weighted by Gasteiger charge is -2.19. The van der Waals surface area contributed by atoms with Crippen LogP contribution in [0.3, 0.4) is 0 Å². The molecule has 3 atom stereocenters. The molecule has 0 spiro atoms. The van der Waals surface area contributed by atoms with Crippen molar-refractivity contribution in [3.05, 3.63) is 0 Å². The first-order chi connectivity index (χ1) is 15.1. The van der Waals surface area contributed by atoms with E-state index in [2.05, 4.69) is 21.3 Å². The first-order valence-corrected chi connectivity index (χ1v) is 10.6. The molecule has 0 fully saturated rings. The summed E-state index contributed by atoms with van der Waals surface area (Å²) in [5.74, 6) is -3.58. The molecule has 184 valence electrons. The average molecular weight is 460 g/mol. The van der Waals surface area contributed by atoms with E-state index in [-0.39, 0.29) is 13.0 Å². The lowest BCUT2D eigenvalue weighted by atomic mass is 10.1. The van der Waals surface area contributed by atoms with Crippen molar-refractivity contribution in [3.8, 4) is 0 Å². The molecule has 0 saturated carbocycles. The average Bonchev–Trinajstić information content (AvgIpc) is 2.75. The molecule has 0 aromatic rings. The van der Waals surface area contributed by atoms with Crippen LogP contribution >= 0.6 is 0 Å². The van der Waals surface area contributed by atoms with Crippen LogP contribution in [0.25, 0.3) is 0 Å². The number of amides is 4. The van der Waals surface area contributed by atoms with Crippen LogP contribution in [0.15, 0.2) is 0 Å². The molecule has 0 radical (unpaired) electrons. The Morgan fingerprint density at radius 2 is 1.34 bits per heavy atom. The van der Waals surface area contributed by atoms with Gasteiger partial charge < -0.3 is 43.6 Å². The number of carboxylic acid groups (broad SMARTS) is 1. The van der Waals surface area contributed by atoms with Crippen LogP contribution in [0.1, 0.15) is 45.4 Å². The Labute approximate surface area is 187 Å². The van der Waals surface area contributed by atoms with Crippen molar-refractivity contribution in [1.82, 2.24) is 21.3 Å².